The van der Waals surface area contributed by atoms with Gasteiger partial charge in [-0.15, -0.1) is 0 Å². The van der Waals surface area contributed by atoms with Gasteiger partial charge in [-0.2, -0.15) is 4.98 Å². The number of aromatic nitrogens is 1. The van der Waals surface area contributed by atoms with Crippen LogP contribution in [-0.2, 0) is 0 Å². The third kappa shape index (κ3) is 2.94. The highest BCUT2D eigenvalue weighted by Gasteiger charge is 2.12. The van der Waals surface area contributed by atoms with Crippen molar-refractivity contribution in [2.24, 2.45) is 0 Å². The van der Waals surface area contributed by atoms with Crippen molar-refractivity contribution >= 4 is 11.5 Å². The molecule has 15 heavy (non-hydrogen) atoms. The van der Waals surface area contributed by atoms with E-state index in [0.717, 1.165) is 0 Å². The second-order valence-corrected chi connectivity index (χ2v) is 2.69. The Kier molecular flexibility index (Phi) is 3.61. The molecular weight excluding hydrogens is 198 g/mol. The van der Waals surface area contributed by atoms with Crippen molar-refractivity contribution in [1.29, 1.82) is 0 Å². The quantitative estimate of drug-likeness (QED) is 0.461. The topological polar surface area (TPSA) is 91.3 Å². The number of hydrogen-bond donors (Lipinski definition) is 1. The fourth-order valence-corrected chi connectivity index (χ4v) is 0.913. The maximum atomic E-state index is 10.4. The Bertz CT molecular complexity index is 390. The summed E-state index contributed by atoms with van der Waals surface area (Å²) in [5, 5.41) is 10.4. The van der Waals surface area contributed by atoms with Gasteiger partial charge in [0.25, 0.3) is 0 Å². The second kappa shape index (κ2) is 4.94. The second-order valence-electron chi connectivity index (χ2n) is 2.69. The molecule has 1 aromatic rings. The molecule has 0 radical (unpaired) electrons. The highest BCUT2D eigenvalue weighted by atomic mass is 16.6. The number of rotatable bonds is 4. The molecule has 1 heterocycles. The number of hydrogen-bond acceptors (Lipinski definition) is 5. The Hall–Kier alpha value is -2.11. The van der Waals surface area contributed by atoms with E-state index in [1.807, 2.05) is 13.0 Å². The SMILES string of the molecule is C/C=C/COc1ccc([N+](=O)[O-])c(N)n1. The van der Waals surface area contributed by atoms with Crippen LogP contribution in [0, 0.1) is 10.1 Å². The zero-order chi connectivity index (χ0) is 11.3. The summed E-state index contributed by atoms with van der Waals surface area (Å²) < 4.78 is 5.16. The first-order valence-electron chi connectivity index (χ1n) is 4.30. The summed E-state index contributed by atoms with van der Waals surface area (Å²) in [7, 11) is 0. The molecule has 0 aromatic carbocycles. The molecule has 0 aliphatic rings. The predicted molar refractivity (Wildman–Crippen MR) is 55.6 cm³/mol. The lowest BCUT2D eigenvalue weighted by atomic mass is 10.4. The predicted octanol–water partition coefficient (Wildman–Crippen LogP) is 1.53. The molecule has 0 aliphatic carbocycles. The molecule has 2 N–H and O–H groups in total. The van der Waals surface area contributed by atoms with Crippen LogP contribution in [0.4, 0.5) is 11.5 Å². The van der Waals surface area contributed by atoms with E-state index in [1.54, 1.807) is 6.08 Å². The molecule has 0 fully saturated rings. The highest BCUT2D eigenvalue weighted by Crippen LogP contribution is 2.21. The maximum absolute atomic E-state index is 10.4. The summed E-state index contributed by atoms with van der Waals surface area (Å²) in [6.45, 7) is 2.22. The zero-order valence-electron chi connectivity index (χ0n) is 8.21. The molecule has 0 amide bonds. The molecule has 6 heteroatoms. The Morgan fingerprint density at radius 1 is 1.67 bits per heavy atom. The van der Waals surface area contributed by atoms with Crippen molar-refractivity contribution in [2.75, 3.05) is 12.3 Å². The van der Waals surface area contributed by atoms with E-state index in [4.69, 9.17) is 10.5 Å². The van der Waals surface area contributed by atoms with Gasteiger partial charge in [0.1, 0.15) is 6.61 Å². The third-order valence-corrected chi connectivity index (χ3v) is 1.64. The number of pyridine rings is 1. The molecule has 0 unspecified atom stereocenters. The van der Waals surface area contributed by atoms with Crippen molar-refractivity contribution in [3.05, 3.63) is 34.4 Å². The standard InChI is InChI=1S/C9H11N3O3/c1-2-3-6-15-8-5-4-7(12(13)14)9(10)11-8/h2-5H,6H2,1H3,(H2,10,11)/b3-2+. The van der Waals surface area contributed by atoms with Gasteiger partial charge in [0.2, 0.25) is 11.7 Å². The van der Waals surface area contributed by atoms with E-state index in [1.165, 1.54) is 12.1 Å². The van der Waals surface area contributed by atoms with Crippen LogP contribution >= 0.6 is 0 Å². The Balaban J connectivity index is 2.77. The molecular formula is C9H11N3O3. The van der Waals surface area contributed by atoms with E-state index in [2.05, 4.69) is 4.98 Å². The van der Waals surface area contributed by atoms with Gasteiger partial charge in [-0.3, -0.25) is 10.1 Å². The van der Waals surface area contributed by atoms with Crippen LogP contribution < -0.4 is 10.5 Å². The van der Waals surface area contributed by atoms with Crippen LogP contribution in [0.15, 0.2) is 24.3 Å². The number of ether oxygens (including phenoxy) is 1. The number of nitro groups is 1. The van der Waals surface area contributed by atoms with Gasteiger partial charge < -0.3 is 10.5 Å². The van der Waals surface area contributed by atoms with E-state index in [0.29, 0.717) is 6.61 Å². The number of nitrogen functional groups attached to an aromatic ring is 1. The monoisotopic (exact) mass is 209 g/mol. The largest absolute Gasteiger partial charge is 0.473 e. The summed E-state index contributed by atoms with van der Waals surface area (Å²) in [5.74, 6) is 0.133. The van der Waals surface area contributed by atoms with Gasteiger partial charge in [0.15, 0.2) is 0 Å². The molecule has 0 bridgehead atoms. The van der Waals surface area contributed by atoms with Crippen molar-refractivity contribution in [2.45, 2.75) is 6.92 Å². The molecule has 0 saturated carbocycles. The number of anilines is 1. The number of nitrogens with zero attached hydrogens (tertiary/aromatic N) is 2. The molecule has 0 spiro atoms. The van der Waals surface area contributed by atoms with Gasteiger partial charge in [0.05, 0.1) is 4.92 Å². The first-order chi connectivity index (χ1) is 7.15. The third-order valence-electron chi connectivity index (χ3n) is 1.64. The van der Waals surface area contributed by atoms with Gasteiger partial charge in [0, 0.05) is 12.1 Å². The molecule has 0 saturated heterocycles. The summed E-state index contributed by atoms with van der Waals surface area (Å²) >= 11 is 0. The van der Waals surface area contributed by atoms with Crippen molar-refractivity contribution in [3.63, 3.8) is 0 Å². The van der Waals surface area contributed by atoms with Crippen molar-refractivity contribution in [3.8, 4) is 5.88 Å². The van der Waals surface area contributed by atoms with Crippen molar-refractivity contribution < 1.29 is 9.66 Å². The van der Waals surface area contributed by atoms with E-state index in [-0.39, 0.29) is 17.4 Å². The molecule has 0 aliphatic heterocycles. The minimum Gasteiger partial charge on any atom is -0.473 e. The fraction of sp³-hybridized carbons (Fsp3) is 0.222. The number of nitrogens with two attached hydrogens (primary N) is 1. The van der Waals surface area contributed by atoms with Crippen LogP contribution in [0.3, 0.4) is 0 Å². The van der Waals surface area contributed by atoms with Gasteiger partial charge in [-0.25, -0.2) is 0 Å². The zero-order valence-corrected chi connectivity index (χ0v) is 8.21. The molecule has 1 rings (SSSR count). The lowest BCUT2D eigenvalue weighted by Crippen LogP contribution is -2.01. The van der Waals surface area contributed by atoms with Crippen molar-refractivity contribution in [1.82, 2.24) is 4.98 Å². The molecule has 0 atom stereocenters. The van der Waals surface area contributed by atoms with E-state index < -0.39 is 4.92 Å². The highest BCUT2D eigenvalue weighted by molar-refractivity contribution is 5.53. The Morgan fingerprint density at radius 3 is 2.93 bits per heavy atom. The molecule has 6 nitrogen and oxygen atoms in total. The minimum absolute atomic E-state index is 0.141. The Morgan fingerprint density at radius 2 is 2.40 bits per heavy atom. The van der Waals surface area contributed by atoms with E-state index >= 15 is 0 Å². The van der Waals surface area contributed by atoms with Gasteiger partial charge >= 0.3 is 5.69 Å². The van der Waals surface area contributed by atoms with Crippen LogP contribution in [0.1, 0.15) is 6.92 Å². The van der Waals surface area contributed by atoms with Gasteiger partial charge in [-0.05, 0) is 6.92 Å². The summed E-state index contributed by atoms with van der Waals surface area (Å²) in [6.07, 6.45) is 3.62. The summed E-state index contributed by atoms with van der Waals surface area (Å²) in [6, 6.07) is 2.69. The summed E-state index contributed by atoms with van der Waals surface area (Å²) in [5.41, 5.74) is 5.16. The normalized spacial score (nSPS) is 10.5. The van der Waals surface area contributed by atoms with Gasteiger partial charge in [-0.1, -0.05) is 12.2 Å². The first-order valence-corrected chi connectivity index (χ1v) is 4.30. The smallest absolute Gasteiger partial charge is 0.311 e. The minimum atomic E-state index is -0.585. The molecule has 1 aromatic heterocycles. The average Bonchev–Trinajstić information content (AvgIpc) is 2.17. The summed E-state index contributed by atoms with van der Waals surface area (Å²) in [4.78, 5) is 13.6. The average molecular weight is 209 g/mol. The molecule has 80 valence electrons. The lowest BCUT2D eigenvalue weighted by Gasteiger charge is -2.02. The maximum Gasteiger partial charge on any atom is 0.311 e. The lowest BCUT2D eigenvalue weighted by molar-refractivity contribution is -0.384. The first kappa shape index (κ1) is 11.0. The number of allylic oxidation sites excluding steroid dienone is 1. The fourth-order valence-electron chi connectivity index (χ4n) is 0.913. The Labute approximate surface area is 86.5 Å². The van der Waals surface area contributed by atoms with Crippen LogP contribution in [0.5, 0.6) is 5.88 Å². The van der Waals surface area contributed by atoms with Crippen LogP contribution in [-0.4, -0.2) is 16.5 Å². The van der Waals surface area contributed by atoms with Crippen LogP contribution in [0.2, 0.25) is 0 Å². The van der Waals surface area contributed by atoms with Crippen LogP contribution in [0.25, 0.3) is 0 Å². The van der Waals surface area contributed by atoms with E-state index in [9.17, 15) is 10.1 Å².